The molecule has 0 atom stereocenters. The van der Waals surface area contributed by atoms with E-state index in [1.807, 2.05) is 18.7 Å². The lowest BCUT2D eigenvalue weighted by atomic mass is 10.1. The van der Waals surface area contributed by atoms with Crippen LogP contribution in [0.2, 0.25) is 0 Å². The largest absolute Gasteiger partial charge is 0.385 e. The predicted molar refractivity (Wildman–Crippen MR) is 82.0 cm³/mol. The number of benzene rings is 1. The van der Waals surface area contributed by atoms with Gasteiger partial charge in [0.2, 0.25) is 5.91 Å². The fraction of sp³-hybridized carbons (Fsp3) is 0.500. The average Bonchev–Trinajstić information content (AvgIpc) is 2.44. The molecule has 0 radical (unpaired) electrons. The number of primary amides is 1. The molecule has 7 nitrogen and oxygen atoms in total. The van der Waals surface area contributed by atoms with Gasteiger partial charge in [0.15, 0.2) is 0 Å². The van der Waals surface area contributed by atoms with E-state index in [-0.39, 0.29) is 12.2 Å². The van der Waals surface area contributed by atoms with Crippen LogP contribution in [0.3, 0.4) is 0 Å². The summed E-state index contributed by atoms with van der Waals surface area (Å²) in [5.74, 6) is -0.412. The van der Waals surface area contributed by atoms with Gasteiger partial charge in [0.1, 0.15) is 0 Å². The summed E-state index contributed by atoms with van der Waals surface area (Å²) >= 11 is 0. The molecule has 1 aromatic rings. The molecule has 21 heavy (non-hydrogen) atoms. The van der Waals surface area contributed by atoms with Gasteiger partial charge < -0.3 is 11.1 Å². The Balaban J connectivity index is 3.00. The standard InChI is InChI=1S/C14H22N4O3/c1-3-7-16-13-6-5-12(18(20)21)8-11(13)9-17(4-2)10-14(15)19/h5-6,8,16H,3-4,7,9-10H2,1-2H3,(H2,15,19). The smallest absolute Gasteiger partial charge is 0.269 e. The summed E-state index contributed by atoms with van der Waals surface area (Å²) in [6.45, 7) is 5.95. The SMILES string of the molecule is CCCNc1ccc([N+](=O)[O-])cc1CN(CC)CC(N)=O. The van der Waals surface area contributed by atoms with Crippen molar-refractivity contribution in [3.8, 4) is 0 Å². The normalized spacial score (nSPS) is 10.6. The van der Waals surface area contributed by atoms with Gasteiger partial charge in [0.05, 0.1) is 11.5 Å². The lowest BCUT2D eigenvalue weighted by Gasteiger charge is -2.20. The van der Waals surface area contributed by atoms with E-state index in [1.54, 1.807) is 12.1 Å². The molecule has 0 aliphatic carbocycles. The van der Waals surface area contributed by atoms with Crippen LogP contribution in [0.25, 0.3) is 0 Å². The molecule has 0 spiro atoms. The number of nitrogens with one attached hydrogen (secondary N) is 1. The quantitative estimate of drug-likeness (QED) is 0.533. The molecule has 1 rings (SSSR count). The van der Waals surface area contributed by atoms with Gasteiger partial charge in [0.25, 0.3) is 5.69 Å². The maximum absolute atomic E-state index is 11.0. The molecule has 1 aromatic carbocycles. The van der Waals surface area contributed by atoms with Crippen LogP contribution < -0.4 is 11.1 Å². The Morgan fingerprint density at radius 2 is 2.14 bits per heavy atom. The number of non-ortho nitro benzene ring substituents is 1. The van der Waals surface area contributed by atoms with Gasteiger partial charge in [-0.05, 0) is 24.6 Å². The molecule has 0 bridgehead atoms. The molecule has 0 saturated heterocycles. The molecule has 0 saturated carbocycles. The van der Waals surface area contributed by atoms with Crippen LogP contribution in [0.4, 0.5) is 11.4 Å². The Kier molecular flexibility index (Phi) is 6.61. The Morgan fingerprint density at radius 3 is 2.67 bits per heavy atom. The number of carbonyl (C=O) groups is 1. The molecule has 3 N–H and O–H groups in total. The van der Waals surface area contributed by atoms with Gasteiger partial charge in [-0.2, -0.15) is 0 Å². The van der Waals surface area contributed by atoms with E-state index in [1.165, 1.54) is 6.07 Å². The van der Waals surface area contributed by atoms with Crippen molar-refractivity contribution >= 4 is 17.3 Å². The average molecular weight is 294 g/mol. The molecule has 7 heteroatoms. The van der Waals surface area contributed by atoms with Crippen molar-refractivity contribution in [2.45, 2.75) is 26.8 Å². The monoisotopic (exact) mass is 294 g/mol. The number of nitrogens with zero attached hydrogens (tertiary/aromatic N) is 2. The summed E-state index contributed by atoms with van der Waals surface area (Å²) in [5, 5.41) is 14.2. The second kappa shape index (κ2) is 8.21. The van der Waals surface area contributed by atoms with E-state index in [2.05, 4.69) is 5.32 Å². The molecule has 0 aromatic heterocycles. The first-order chi connectivity index (χ1) is 9.97. The van der Waals surface area contributed by atoms with Crippen molar-refractivity contribution in [1.82, 2.24) is 4.90 Å². The van der Waals surface area contributed by atoms with E-state index < -0.39 is 10.8 Å². The van der Waals surface area contributed by atoms with Gasteiger partial charge in [-0.25, -0.2) is 0 Å². The number of hydrogen-bond acceptors (Lipinski definition) is 5. The number of likely N-dealkylation sites (N-methyl/N-ethyl adjacent to an activating group) is 1. The molecule has 0 fully saturated rings. The Hall–Kier alpha value is -2.15. The Bertz CT molecular complexity index is 505. The maximum atomic E-state index is 11.0. The lowest BCUT2D eigenvalue weighted by Crippen LogP contribution is -2.33. The summed E-state index contributed by atoms with van der Waals surface area (Å²) in [7, 11) is 0. The minimum absolute atomic E-state index is 0.0437. The molecule has 1 amide bonds. The third-order valence-corrected chi connectivity index (χ3v) is 3.09. The zero-order valence-electron chi connectivity index (χ0n) is 12.5. The van der Waals surface area contributed by atoms with Crippen molar-refractivity contribution in [1.29, 1.82) is 0 Å². The molecular formula is C14H22N4O3. The van der Waals surface area contributed by atoms with E-state index in [0.717, 1.165) is 24.2 Å². The Morgan fingerprint density at radius 1 is 1.43 bits per heavy atom. The summed E-state index contributed by atoms with van der Waals surface area (Å²) in [4.78, 5) is 23.4. The highest BCUT2D eigenvalue weighted by Gasteiger charge is 2.14. The fourth-order valence-corrected chi connectivity index (χ4v) is 2.00. The first-order valence-corrected chi connectivity index (χ1v) is 6.99. The second-order valence-corrected chi connectivity index (χ2v) is 4.79. The van der Waals surface area contributed by atoms with Crippen molar-refractivity contribution in [2.24, 2.45) is 5.73 Å². The number of nitro benzene ring substituents is 1. The van der Waals surface area contributed by atoms with E-state index in [0.29, 0.717) is 13.1 Å². The number of rotatable bonds is 9. The number of anilines is 1. The predicted octanol–water partition coefficient (Wildman–Crippen LogP) is 1.72. The zero-order valence-corrected chi connectivity index (χ0v) is 12.5. The van der Waals surface area contributed by atoms with Crippen molar-refractivity contribution in [3.05, 3.63) is 33.9 Å². The first kappa shape index (κ1) is 16.9. The topological polar surface area (TPSA) is 102 Å². The highest BCUT2D eigenvalue weighted by molar-refractivity contribution is 5.76. The molecule has 0 heterocycles. The van der Waals surface area contributed by atoms with Crippen molar-refractivity contribution < 1.29 is 9.72 Å². The molecule has 0 aliphatic rings. The van der Waals surface area contributed by atoms with Crippen molar-refractivity contribution in [2.75, 3.05) is 25.0 Å². The van der Waals surface area contributed by atoms with Crippen LogP contribution in [0.15, 0.2) is 18.2 Å². The van der Waals surface area contributed by atoms with Crippen LogP contribution in [-0.4, -0.2) is 35.4 Å². The van der Waals surface area contributed by atoms with E-state index >= 15 is 0 Å². The number of nitrogens with two attached hydrogens (primary N) is 1. The van der Waals surface area contributed by atoms with Crippen LogP contribution in [0.5, 0.6) is 0 Å². The molecular weight excluding hydrogens is 272 g/mol. The number of amides is 1. The van der Waals surface area contributed by atoms with Gasteiger partial charge in [-0.3, -0.25) is 19.8 Å². The number of nitro groups is 1. The van der Waals surface area contributed by atoms with Gasteiger partial charge in [0, 0.05) is 30.9 Å². The Labute approximate surface area is 124 Å². The summed E-state index contributed by atoms with van der Waals surface area (Å²) in [6, 6.07) is 4.73. The first-order valence-electron chi connectivity index (χ1n) is 6.99. The maximum Gasteiger partial charge on any atom is 0.269 e. The summed E-state index contributed by atoms with van der Waals surface area (Å²) in [5.41, 5.74) is 6.90. The van der Waals surface area contributed by atoms with E-state index in [9.17, 15) is 14.9 Å². The highest BCUT2D eigenvalue weighted by Crippen LogP contribution is 2.23. The minimum atomic E-state index is -0.419. The molecule has 116 valence electrons. The van der Waals surface area contributed by atoms with Crippen LogP contribution in [0.1, 0.15) is 25.8 Å². The van der Waals surface area contributed by atoms with Gasteiger partial charge in [-0.15, -0.1) is 0 Å². The summed E-state index contributed by atoms with van der Waals surface area (Å²) in [6.07, 6.45) is 0.954. The number of hydrogen-bond donors (Lipinski definition) is 2. The molecule has 0 aliphatic heterocycles. The third-order valence-electron chi connectivity index (χ3n) is 3.09. The summed E-state index contributed by atoms with van der Waals surface area (Å²) < 4.78 is 0. The van der Waals surface area contributed by atoms with E-state index in [4.69, 9.17) is 5.73 Å². The third kappa shape index (κ3) is 5.39. The van der Waals surface area contributed by atoms with Gasteiger partial charge >= 0.3 is 0 Å². The minimum Gasteiger partial charge on any atom is -0.385 e. The van der Waals surface area contributed by atoms with Crippen LogP contribution >= 0.6 is 0 Å². The van der Waals surface area contributed by atoms with Crippen LogP contribution in [0, 0.1) is 10.1 Å². The lowest BCUT2D eigenvalue weighted by molar-refractivity contribution is -0.384. The second-order valence-electron chi connectivity index (χ2n) is 4.79. The zero-order chi connectivity index (χ0) is 15.8. The van der Waals surface area contributed by atoms with Gasteiger partial charge in [-0.1, -0.05) is 13.8 Å². The fourth-order valence-electron chi connectivity index (χ4n) is 2.00. The number of carbonyl (C=O) groups excluding carboxylic acids is 1. The van der Waals surface area contributed by atoms with Crippen LogP contribution in [-0.2, 0) is 11.3 Å². The molecule has 0 unspecified atom stereocenters. The highest BCUT2D eigenvalue weighted by atomic mass is 16.6. The van der Waals surface area contributed by atoms with Crippen molar-refractivity contribution in [3.63, 3.8) is 0 Å².